The first kappa shape index (κ1) is 60.9. The molecule has 15 N–H and O–H groups in total. The summed E-state index contributed by atoms with van der Waals surface area (Å²) in [5.41, 5.74) is -1.82. The van der Waals surface area contributed by atoms with E-state index in [1.54, 1.807) is 0 Å². The van der Waals surface area contributed by atoms with E-state index in [2.05, 4.69) is 40.7 Å². The molecule has 4 aliphatic heterocycles. The van der Waals surface area contributed by atoms with Crippen LogP contribution < -0.4 is 0 Å². The predicted molar refractivity (Wildman–Crippen MR) is 264 cm³/mol. The molecule has 0 bridgehead atoms. The molecule has 0 amide bonds. The second-order valence-electron chi connectivity index (χ2n) is 26.1. The number of hydrogen-bond acceptors (Lipinski definition) is 24. The van der Waals surface area contributed by atoms with Crippen molar-refractivity contribution < 1.29 is 119 Å². The summed E-state index contributed by atoms with van der Waals surface area (Å²) >= 11 is 0. The van der Waals surface area contributed by atoms with Gasteiger partial charge in [-0.1, -0.05) is 53.2 Å². The average Bonchev–Trinajstić information content (AvgIpc) is 3.52. The standard InChI is InChI=1S/C54H88O24/c1-49(2)13-15-54(48(70)78-45-39(67)37(65)33(61)26(19-56)72-45)16-14-52(5)23(24(54)17-49)7-8-30-50(3)11-10-31(51(4,22-59)29(50)9-12-53(30,52)6)75-46-40(68)42(34(62)27(20-57)73-46)77-47-41(69)43(35(63)28(21-58)74-47)76-44-38(66)36(64)32(60)25(18-55)71-44/h7,24-47,55-69H,8-22H2,1-6H3/t24-,25+,26+,27+,28+,29+,30+,31-,32-,33+,34+,35-,36-,37-,38+,39+,40+,41+,42-,43-,44-,45-,46-,47-,50-,51-,52+,53+,54-/m0/s1. The summed E-state index contributed by atoms with van der Waals surface area (Å²) in [6.07, 6.45) is -26.1. The summed E-state index contributed by atoms with van der Waals surface area (Å²) in [6.45, 7) is 9.93. The molecule has 9 aliphatic rings. The van der Waals surface area contributed by atoms with Crippen molar-refractivity contribution in [3.63, 3.8) is 0 Å². The number of esters is 1. The lowest BCUT2D eigenvalue weighted by atomic mass is 9.33. The van der Waals surface area contributed by atoms with Crippen LogP contribution in [0.2, 0.25) is 0 Å². The highest BCUT2D eigenvalue weighted by atomic mass is 16.8. The molecular formula is C54H88O24. The topological polar surface area (TPSA) is 394 Å². The highest BCUT2D eigenvalue weighted by Crippen LogP contribution is 2.76. The summed E-state index contributed by atoms with van der Waals surface area (Å²) in [5, 5.41) is 161. The molecule has 4 heterocycles. The summed E-state index contributed by atoms with van der Waals surface area (Å²) in [5.74, 6) is -0.779. The number of allylic oxidation sites excluding steroid dienone is 2. The van der Waals surface area contributed by atoms with Crippen molar-refractivity contribution >= 4 is 5.97 Å². The van der Waals surface area contributed by atoms with E-state index < -0.39 is 172 Å². The molecule has 4 saturated carbocycles. The number of ether oxygens (including phenoxy) is 8. The largest absolute Gasteiger partial charge is 0.432 e. The number of aliphatic hydroxyl groups is 15. The zero-order chi connectivity index (χ0) is 57.0. The molecule has 0 radical (unpaired) electrons. The molecule has 24 nitrogen and oxygen atoms in total. The maximum absolute atomic E-state index is 14.8. The van der Waals surface area contributed by atoms with E-state index in [0.29, 0.717) is 51.4 Å². The van der Waals surface area contributed by atoms with Gasteiger partial charge in [0.15, 0.2) is 18.9 Å². The summed E-state index contributed by atoms with van der Waals surface area (Å²) in [4.78, 5) is 14.8. The first-order valence-electron chi connectivity index (χ1n) is 28.0. The lowest BCUT2D eigenvalue weighted by molar-refractivity contribution is -0.385. The Labute approximate surface area is 453 Å². The SMILES string of the molecule is CC1(C)CC[C@]2(C(=O)O[C@@H]3O[C@H](CO)[C@@H](O)[C@H](O)[C@H]3O)CC[C@]3(C)C(=CC[C@@H]4[C@@]5(C)CC[C@H](O[C@@H]6O[C@H](CO)[C@@H](O)[C@H](O[C@@H]7O[C@H](CO)[C@H](O)[C@H](O[C@@H]8O[C@H](CO)[C@H](O)[C@H](O)[C@H]8O)[C@H]7O)[C@H]6O)[C@@](C)(CO)[C@@H]5CC[C@]43C)[C@@H]2C1. The third-order valence-electron chi connectivity index (χ3n) is 21.6. The number of aliphatic hydroxyl groups excluding tert-OH is 15. The van der Waals surface area contributed by atoms with Gasteiger partial charge < -0.3 is 114 Å². The number of fused-ring (bicyclic) bond motifs is 7. The summed E-state index contributed by atoms with van der Waals surface area (Å²) in [6, 6.07) is 0. The van der Waals surface area contributed by atoms with Gasteiger partial charge in [0.25, 0.3) is 0 Å². The third-order valence-corrected chi connectivity index (χ3v) is 21.6. The van der Waals surface area contributed by atoms with Gasteiger partial charge in [-0.15, -0.1) is 0 Å². The molecule has 448 valence electrons. The third kappa shape index (κ3) is 9.76. The van der Waals surface area contributed by atoms with Crippen molar-refractivity contribution in [2.24, 2.45) is 50.2 Å². The van der Waals surface area contributed by atoms with E-state index >= 15 is 0 Å². The van der Waals surface area contributed by atoms with Crippen molar-refractivity contribution in [2.75, 3.05) is 33.0 Å². The maximum Gasteiger partial charge on any atom is 0.315 e. The zero-order valence-corrected chi connectivity index (χ0v) is 45.4. The maximum atomic E-state index is 14.8. The quantitative estimate of drug-likeness (QED) is 0.0494. The molecule has 4 saturated heterocycles. The Balaban J connectivity index is 0.931. The van der Waals surface area contributed by atoms with Gasteiger partial charge in [0.05, 0.1) is 44.6 Å². The number of rotatable bonds is 13. The Morgan fingerprint density at radius 3 is 1.53 bits per heavy atom. The minimum absolute atomic E-state index is 0.106. The van der Waals surface area contributed by atoms with Crippen LogP contribution in [0.25, 0.3) is 0 Å². The van der Waals surface area contributed by atoms with Crippen molar-refractivity contribution in [3.8, 4) is 0 Å². The highest BCUT2D eigenvalue weighted by Gasteiger charge is 2.71. The van der Waals surface area contributed by atoms with Crippen LogP contribution in [0.1, 0.15) is 106 Å². The molecule has 78 heavy (non-hydrogen) atoms. The van der Waals surface area contributed by atoms with Gasteiger partial charge in [0.2, 0.25) is 6.29 Å². The van der Waals surface area contributed by atoms with E-state index in [0.717, 1.165) is 12.8 Å². The normalized spacial score (nSPS) is 54.1. The number of carbonyl (C=O) groups excluding carboxylic acids is 1. The van der Waals surface area contributed by atoms with E-state index in [1.807, 2.05) is 6.92 Å². The minimum atomic E-state index is -2.00. The van der Waals surface area contributed by atoms with E-state index in [-0.39, 0.29) is 46.0 Å². The number of hydrogen-bond donors (Lipinski definition) is 15. The van der Waals surface area contributed by atoms with Gasteiger partial charge >= 0.3 is 5.97 Å². The Morgan fingerprint density at radius 1 is 0.526 bits per heavy atom. The van der Waals surface area contributed by atoms with Crippen molar-refractivity contribution in [3.05, 3.63) is 11.6 Å². The fourth-order valence-corrected chi connectivity index (χ4v) is 16.5. The number of carbonyl (C=O) groups is 1. The lowest BCUT2D eigenvalue weighted by Gasteiger charge is -2.71. The molecule has 24 heteroatoms. The van der Waals surface area contributed by atoms with Gasteiger partial charge in [0, 0.05) is 5.41 Å². The van der Waals surface area contributed by atoms with E-state index in [1.165, 1.54) is 5.57 Å². The average molecular weight is 1120 g/mol. The molecule has 9 rings (SSSR count). The Bertz CT molecular complexity index is 2130. The van der Waals surface area contributed by atoms with Crippen LogP contribution in [0.15, 0.2) is 11.6 Å². The first-order chi connectivity index (χ1) is 36.6. The Kier molecular flexibility index (Phi) is 17.5. The van der Waals surface area contributed by atoms with Crippen LogP contribution in [-0.4, -0.2) is 245 Å². The molecule has 0 spiro atoms. The highest BCUT2D eigenvalue weighted by molar-refractivity contribution is 5.79. The molecule has 5 aliphatic carbocycles. The smallest absolute Gasteiger partial charge is 0.315 e. The predicted octanol–water partition coefficient (Wildman–Crippen LogP) is -3.06. The van der Waals surface area contributed by atoms with Gasteiger partial charge in [-0.25, -0.2) is 0 Å². The second-order valence-corrected chi connectivity index (χ2v) is 26.1. The van der Waals surface area contributed by atoms with Crippen LogP contribution in [0, 0.1) is 50.2 Å². The van der Waals surface area contributed by atoms with Gasteiger partial charge in [-0.05, 0) is 104 Å². The fraction of sp³-hybridized carbons (Fsp3) is 0.944. The van der Waals surface area contributed by atoms with Crippen LogP contribution in [0.5, 0.6) is 0 Å². The molecule has 0 aromatic carbocycles. The first-order valence-corrected chi connectivity index (χ1v) is 28.0. The van der Waals surface area contributed by atoms with Gasteiger partial charge in [-0.2, -0.15) is 0 Å². The minimum Gasteiger partial charge on any atom is -0.432 e. The Morgan fingerprint density at radius 2 is 1.00 bits per heavy atom. The molecule has 0 unspecified atom stereocenters. The monoisotopic (exact) mass is 1120 g/mol. The van der Waals surface area contributed by atoms with E-state index in [4.69, 9.17) is 37.9 Å². The van der Waals surface area contributed by atoms with Crippen molar-refractivity contribution in [1.29, 1.82) is 0 Å². The second kappa shape index (κ2) is 22.4. The molecule has 29 atom stereocenters. The molecule has 0 aromatic heterocycles. The van der Waals surface area contributed by atoms with Gasteiger partial charge in [-0.3, -0.25) is 4.79 Å². The lowest BCUT2D eigenvalue weighted by Crippen LogP contribution is -2.68. The van der Waals surface area contributed by atoms with Crippen LogP contribution in [-0.2, 0) is 42.7 Å². The van der Waals surface area contributed by atoms with Crippen LogP contribution in [0.3, 0.4) is 0 Å². The molecule has 8 fully saturated rings. The molecular weight excluding hydrogens is 1030 g/mol. The van der Waals surface area contributed by atoms with Crippen LogP contribution in [0.4, 0.5) is 0 Å². The summed E-state index contributed by atoms with van der Waals surface area (Å²) in [7, 11) is 0. The Hall–Kier alpha value is -1.67. The summed E-state index contributed by atoms with van der Waals surface area (Å²) < 4.78 is 47.3. The zero-order valence-electron chi connectivity index (χ0n) is 45.4. The van der Waals surface area contributed by atoms with Gasteiger partial charge in [0.1, 0.15) is 97.7 Å². The fourth-order valence-electron chi connectivity index (χ4n) is 16.5. The molecule has 0 aromatic rings. The van der Waals surface area contributed by atoms with Crippen molar-refractivity contribution in [2.45, 2.75) is 235 Å². The van der Waals surface area contributed by atoms with Crippen LogP contribution >= 0.6 is 0 Å². The van der Waals surface area contributed by atoms with Crippen molar-refractivity contribution in [1.82, 2.24) is 0 Å². The van der Waals surface area contributed by atoms with E-state index in [9.17, 15) is 81.4 Å².